The summed E-state index contributed by atoms with van der Waals surface area (Å²) in [5.41, 5.74) is 0.219. The van der Waals surface area contributed by atoms with E-state index in [1.807, 2.05) is 13.8 Å². The predicted octanol–water partition coefficient (Wildman–Crippen LogP) is 1.98. The number of carbonyl (C=O) groups is 4. The number of benzene rings is 1. The fraction of sp³-hybridized carbons (Fsp3) is 0.375. The Kier molecular flexibility index (Phi) is 5.23. The highest BCUT2D eigenvalue weighted by molar-refractivity contribution is 6.45. The van der Waals surface area contributed by atoms with Crippen LogP contribution in [0.15, 0.2) is 18.2 Å². The van der Waals surface area contributed by atoms with Gasteiger partial charge in [-0.25, -0.2) is 9.69 Å². The first-order valence-corrected chi connectivity index (χ1v) is 7.68. The molecule has 1 aliphatic rings. The van der Waals surface area contributed by atoms with Gasteiger partial charge in [0.1, 0.15) is 5.75 Å². The minimum absolute atomic E-state index is 0.0155. The van der Waals surface area contributed by atoms with Crippen LogP contribution in [0.2, 0.25) is 5.02 Å². The van der Waals surface area contributed by atoms with Crippen LogP contribution in [-0.4, -0.2) is 53.6 Å². The number of hydrogen-bond acceptors (Lipinski definition) is 5. The van der Waals surface area contributed by atoms with Crippen LogP contribution in [0.3, 0.4) is 0 Å². The Morgan fingerprint density at radius 2 is 1.79 bits per heavy atom. The van der Waals surface area contributed by atoms with Crippen molar-refractivity contribution < 1.29 is 23.9 Å². The molecule has 1 aromatic rings. The second-order valence-corrected chi connectivity index (χ2v) is 6.16. The lowest BCUT2D eigenvalue weighted by Gasteiger charge is -2.16. The molecule has 1 heterocycles. The van der Waals surface area contributed by atoms with Crippen LogP contribution in [-0.2, 0) is 9.59 Å². The first kappa shape index (κ1) is 17.9. The Labute approximate surface area is 144 Å². The van der Waals surface area contributed by atoms with E-state index in [1.165, 1.54) is 25.3 Å². The van der Waals surface area contributed by atoms with Crippen LogP contribution in [0, 0.1) is 5.92 Å². The molecule has 0 unspecified atom stereocenters. The summed E-state index contributed by atoms with van der Waals surface area (Å²) in [6, 6.07) is 3.61. The molecule has 1 saturated heterocycles. The quantitative estimate of drug-likeness (QED) is 0.444. The summed E-state index contributed by atoms with van der Waals surface area (Å²) in [6.07, 6.45) is 0. The largest absolute Gasteiger partial charge is 0.495 e. The molecule has 8 heteroatoms. The maximum absolute atomic E-state index is 12.3. The van der Waals surface area contributed by atoms with Gasteiger partial charge in [0.05, 0.1) is 18.7 Å². The molecule has 0 atom stereocenters. The van der Waals surface area contributed by atoms with Gasteiger partial charge in [-0.2, -0.15) is 0 Å². The van der Waals surface area contributed by atoms with Crippen LogP contribution in [0.1, 0.15) is 24.2 Å². The number of methoxy groups -OCH3 is 1. The van der Waals surface area contributed by atoms with Gasteiger partial charge in [0.25, 0.3) is 0 Å². The van der Waals surface area contributed by atoms with Gasteiger partial charge in [-0.05, 0) is 24.1 Å². The lowest BCUT2D eigenvalue weighted by Crippen LogP contribution is -2.38. The molecule has 0 N–H and O–H groups in total. The van der Waals surface area contributed by atoms with E-state index < -0.39 is 30.2 Å². The van der Waals surface area contributed by atoms with E-state index in [2.05, 4.69) is 0 Å². The van der Waals surface area contributed by atoms with E-state index in [0.717, 1.165) is 4.90 Å². The zero-order valence-electron chi connectivity index (χ0n) is 13.5. The average molecular weight is 353 g/mol. The number of nitrogens with zero attached hydrogens (tertiary/aromatic N) is 2. The smallest absolute Gasteiger partial charge is 0.334 e. The van der Waals surface area contributed by atoms with Crippen molar-refractivity contribution in [3.63, 3.8) is 0 Å². The summed E-state index contributed by atoms with van der Waals surface area (Å²) in [4.78, 5) is 49.9. The second-order valence-electron chi connectivity index (χ2n) is 5.76. The molecule has 0 bridgehead atoms. The van der Waals surface area contributed by atoms with Crippen LogP contribution >= 0.6 is 11.6 Å². The molecule has 7 nitrogen and oxygen atoms in total. The summed E-state index contributed by atoms with van der Waals surface area (Å²) in [5, 5.41) is 0.236. The van der Waals surface area contributed by atoms with Gasteiger partial charge >= 0.3 is 17.8 Å². The van der Waals surface area contributed by atoms with Gasteiger partial charge in [-0.15, -0.1) is 0 Å². The molecule has 0 radical (unpaired) electrons. The van der Waals surface area contributed by atoms with Crippen molar-refractivity contribution in [1.29, 1.82) is 0 Å². The summed E-state index contributed by atoms with van der Waals surface area (Å²) in [7, 11) is 1.44. The molecule has 1 aromatic carbocycles. The number of amides is 4. The molecule has 128 valence electrons. The normalized spacial score (nSPS) is 14.8. The number of rotatable bonds is 6. The fourth-order valence-corrected chi connectivity index (χ4v) is 2.55. The Morgan fingerprint density at radius 3 is 2.33 bits per heavy atom. The van der Waals surface area contributed by atoms with E-state index in [4.69, 9.17) is 16.3 Å². The Morgan fingerprint density at radius 1 is 1.17 bits per heavy atom. The molecular formula is C16H17ClN2O5. The minimum Gasteiger partial charge on any atom is -0.495 e. The maximum Gasteiger partial charge on any atom is 0.334 e. The summed E-state index contributed by atoms with van der Waals surface area (Å²) in [5.74, 6) is -1.98. The minimum atomic E-state index is -0.992. The van der Waals surface area contributed by atoms with Gasteiger partial charge in [0.2, 0.25) is 0 Å². The molecule has 2 rings (SSSR count). The van der Waals surface area contributed by atoms with Crippen molar-refractivity contribution in [1.82, 2.24) is 9.80 Å². The second kappa shape index (κ2) is 7.00. The Bertz CT molecular complexity index is 716. The highest BCUT2D eigenvalue weighted by Gasteiger charge is 2.45. The van der Waals surface area contributed by atoms with Gasteiger partial charge < -0.3 is 4.74 Å². The third-order valence-corrected chi connectivity index (χ3v) is 3.75. The monoisotopic (exact) mass is 352 g/mol. The van der Waals surface area contributed by atoms with Gasteiger partial charge in [0.15, 0.2) is 5.78 Å². The zero-order chi connectivity index (χ0) is 18.0. The standard InChI is InChI=1S/C16H17ClN2O5/c1-9(2)7-18-14(21)15(22)19(16(18)23)8-12(20)10-4-5-13(24-3)11(17)6-10/h4-6,9H,7-8H2,1-3H3. The van der Waals surface area contributed by atoms with E-state index in [1.54, 1.807) is 0 Å². The zero-order valence-corrected chi connectivity index (χ0v) is 14.3. The van der Waals surface area contributed by atoms with Crippen molar-refractivity contribution in [3.05, 3.63) is 28.8 Å². The number of hydrogen-bond donors (Lipinski definition) is 0. The van der Waals surface area contributed by atoms with Crippen molar-refractivity contribution >= 4 is 35.2 Å². The van der Waals surface area contributed by atoms with E-state index in [9.17, 15) is 19.2 Å². The van der Waals surface area contributed by atoms with Crippen molar-refractivity contribution in [2.45, 2.75) is 13.8 Å². The number of imide groups is 2. The summed E-state index contributed by atoms with van der Waals surface area (Å²) < 4.78 is 5.00. The fourth-order valence-electron chi connectivity index (χ4n) is 2.29. The van der Waals surface area contributed by atoms with Gasteiger partial charge in [0, 0.05) is 12.1 Å². The van der Waals surface area contributed by atoms with Crippen LogP contribution in [0.25, 0.3) is 0 Å². The number of urea groups is 1. The molecule has 1 aliphatic heterocycles. The summed E-state index contributed by atoms with van der Waals surface area (Å²) >= 11 is 5.96. The summed E-state index contributed by atoms with van der Waals surface area (Å²) in [6.45, 7) is 3.25. The third-order valence-electron chi connectivity index (χ3n) is 3.46. The lowest BCUT2D eigenvalue weighted by molar-refractivity contribution is -0.143. The van der Waals surface area contributed by atoms with Gasteiger partial charge in [-0.3, -0.25) is 19.3 Å². The van der Waals surface area contributed by atoms with E-state index >= 15 is 0 Å². The number of Topliss-reactive ketones (excluding diaryl/α,β-unsaturated/α-hetero) is 1. The van der Waals surface area contributed by atoms with Crippen LogP contribution in [0.4, 0.5) is 4.79 Å². The first-order valence-electron chi connectivity index (χ1n) is 7.30. The maximum atomic E-state index is 12.3. The van der Waals surface area contributed by atoms with Crippen molar-refractivity contribution in [2.24, 2.45) is 5.92 Å². The third kappa shape index (κ3) is 3.41. The molecule has 0 spiro atoms. The molecule has 4 amide bonds. The molecule has 1 fully saturated rings. The average Bonchev–Trinajstić information content (AvgIpc) is 2.72. The highest BCUT2D eigenvalue weighted by Crippen LogP contribution is 2.25. The Hall–Kier alpha value is -2.41. The van der Waals surface area contributed by atoms with Crippen molar-refractivity contribution in [2.75, 3.05) is 20.2 Å². The number of ketones is 1. The first-order chi connectivity index (χ1) is 11.3. The topological polar surface area (TPSA) is 84.0 Å². The van der Waals surface area contributed by atoms with Crippen LogP contribution < -0.4 is 4.74 Å². The molecule has 24 heavy (non-hydrogen) atoms. The number of ether oxygens (including phenoxy) is 1. The Balaban J connectivity index is 2.16. The van der Waals surface area contributed by atoms with E-state index in [0.29, 0.717) is 10.6 Å². The molecule has 0 aromatic heterocycles. The number of halogens is 1. The molecule has 0 aliphatic carbocycles. The highest BCUT2D eigenvalue weighted by atomic mass is 35.5. The lowest BCUT2D eigenvalue weighted by atomic mass is 10.1. The molecular weight excluding hydrogens is 336 g/mol. The van der Waals surface area contributed by atoms with E-state index in [-0.39, 0.29) is 23.0 Å². The molecule has 0 saturated carbocycles. The number of carbonyl (C=O) groups excluding carboxylic acids is 4. The SMILES string of the molecule is COc1ccc(C(=O)CN2C(=O)C(=O)N(CC(C)C)C2=O)cc1Cl. The predicted molar refractivity (Wildman–Crippen MR) is 86.0 cm³/mol. The van der Waals surface area contributed by atoms with Crippen molar-refractivity contribution in [3.8, 4) is 5.75 Å². The van der Waals surface area contributed by atoms with Gasteiger partial charge in [-0.1, -0.05) is 25.4 Å². The van der Waals surface area contributed by atoms with Crippen LogP contribution in [0.5, 0.6) is 5.75 Å².